The lowest BCUT2D eigenvalue weighted by molar-refractivity contribution is -0.121. The molecule has 0 radical (unpaired) electrons. The van der Waals surface area contributed by atoms with Gasteiger partial charge >= 0.3 is 0 Å². The van der Waals surface area contributed by atoms with Crippen LogP contribution < -0.4 is 5.32 Å². The van der Waals surface area contributed by atoms with Crippen LogP contribution in [0.1, 0.15) is 46.3 Å². The number of fused-ring (bicyclic) bond motifs is 1. The highest BCUT2D eigenvalue weighted by molar-refractivity contribution is 5.78. The summed E-state index contributed by atoms with van der Waals surface area (Å²) in [4.78, 5) is 18.0. The molecule has 0 aliphatic rings. The van der Waals surface area contributed by atoms with Gasteiger partial charge in [0.1, 0.15) is 11.5 Å². The number of imidazole rings is 1. The van der Waals surface area contributed by atoms with Crippen LogP contribution in [0, 0.1) is 12.7 Å². The molecule has 1 unspecified atom stereocenters. The Hall–Kier alpha value is -4.25. The summed E-state index contributed by atoms with van der Waals surface area (Å²) in [6.45, 7) is 2.00. The van der Waals surface area contributed by atoms with Crippen molar-refractivity contribution in [3.63, 3.8) is 0 Å². The quantitative estimate of drug-likeness (QED) is 0.312. The molecule has 2 aromatic heterocycles. The number of rotatable bonds is 7. The van der Waals surface area contributed by atoms with Crippen molar-refractivity contribution in [2.24, 2.45) is 0 Å². The van der Waals surface area contributed by atoms with E-state index >= 15 is 0 Å². The summed E-state index contributed by atoms with van der Waals surface area (Å²) in [5, 5.41) is 3.20. The van der Waals surface area contributed by atoms with E-state index in [1.807, 2.05) is 90.3 Å². The van der Waals surface area contributed by atoms with Gasteiger partial charge in [0.15, 0.2) is 0 Å². The Morgan fingerprint density at radius 1 is 0.914 bits per heavy atom. The predicted molar refractivity (Wildman–Crippen MR) is 136 cm³/mol. The Bertz CT molecular complexity index is 1410. The topological polar surface area (TPSA) is 46.4 Å². The summed E-state index contributed by atoms with van der Waals surface area (Å²) < 4.78 is 16.9. The first kappa shape index (κ1) is 22.5. The summed E-state index contributed by atoms with van der Waals surface area (Å²) >= 11 is 0. The van der Waals surface area contributed by atoms with E-state index < -0.39 is 5.92 Å². The van der Waals surface area contributed by atoms with Gasteiger partial charge < -0.3 is 9.72 Å². The first-order valence-electron chi connectivity index (χ1n) is 11.7. The molecule has 1 amide bonds. The number of halogens is 1. The van der Waals surface area contributed by atoms with Crippen molar-refractivity contribution in [3.05, 3.63) is 143 Å². The molecule has 0 saturated carbocycles. The van der Waals surface area contributed by atoms with E-state index in [0.29, 0.717) is 5.56 Å². The molecule has 174 valence electrons. The van der Waals surface area contributed by atoms with Crippen molar-refractivity contribution >= 4 is 11.6 Å². The Labute approximate surface area is 204 Å². The number of hydrogen-bond donors (Lipinski definition) is 1. The van der Waals surface area contributed by atoms with Gasteiger partial charge in [-0.05, 0) is 47.4 Å². The summed E-state index contributed by atoms with van der Waals surface area (Å²) in [6, 6.07) is 30.0. The van der Waals surface area contributed by atoms with Gasteiger partial charge in [-0.2, -0.15) is 0 Å². The van der Waals surface area contributed by atoms with E-state index in [0.717, 1.165) is 28.0 Å². The lowest BCUT2D eigenvalue weighted by Gasteiger charge is -2.23. The SMILES string of the molecule is Cc1ccn2c(C(CC(=O)NC(c3ccccc3)c3ccccc3)c3ccccc3F)cnc2c1. The Morgan fingerprint density at radius 2 is 1.54 bits per heavy atom. The summed E-state index contributed by atoms with van der Waals surface area (Å²) in [6.07, 6.45) is 3.75. The van der Waals surface area contributed by atoms with Gasteiger partial charge in [-0.25, -0.2) is 9.37 Å². The molecule has 5 aromatic rings. The molecule has 1 atom stereocenters. The molecule has 5 heteroatoms. The first-order valence-corrected chi connectivity index (χ1v) is 11.7. The van der Waals surface area contributed by atoms with Crippen molar-refractivity contribution in [3.8, 4) is 0 Å². The minimum atomic E-state index is -0.499. The maximum absolute atomic E-state index is 15.0. The van der Waals surface area contributed by atoms with Crippen LogP contribution in [-0.2, 0) is 4.79 Å². The molecule has 5 rings (SSSR count). The monoisotopic (exact) mass is 463 g/mol. The molecule has 0 bridgehead atoms. The van der Waals surface area contributed by atoms with Gasteiger partial charge in [0.2, 0.25) is 5.91 Å². The number of pyridine rings is 1. The molecular formula is C30H26FN3O. The number of hydrogen-bond acceptors (Lipinski definition) is 2. The van der Waals surface area contributed by atoms with E-state index in [1.54, 1.807) is 24.4 Å². The Morgan fingerprint density at radius 3 is 2.20 bits per heavy atom. The van der Waals surface area contributed by atoms with Crippen molar-refractivity contribution in [2.75, 3.05) is 0 Å². The maximum Gasteiger partial charge on any atom is 0.221 e. The van der Waals surface area contributed by atoms with Crippen LogP contribution in [0.3, 0.4) is 0 Å². The zero-order valence-corrected chi connectivity index (χ0v) is 19.4. The maximum atomic E-state index is 15.0. The number of nitrogens with one attached hydrogen (secondary N) is 1. The number of aromatic nitrogens is 2. The van der Waals surface area contributed by atoms with Crippen molar-refractivity contribution in [1.82, 2.24) is 14.7 Å². The predicted octanol–water partition coefficient (Wildman–Crippen LogP) is 6.21. The van der Waals surface area contributed by atoms with Gasteiger partial charge in [-0.3, -0.25) is 4.79 Å². The zero-order chi connectivity index (χ0) is 24.2. The largest absolute Gasteiger partial charge is 0.345 e. The zero-order valence-electron chi connectivity index (χ0n) is 19.4. The second-order valence-corrected chi connectivity index (χ2v) is 8.72. The van der Waals surface area contributed by atoms with Crippen LogP contribution in [0.4, 0.5) is 4.39 Å². The standard InChI is InChI=1S/C30H26FN3O/c1-21-16-17-34-27(20-32-28(34)18-21)25(24-14-8-9-15-26(24)31)19-29(35)33-30(22-10-4-2-5-11-22)23-12-6-3-7-13-23/h2-18,20,25,30H,19H2,1H3,(H,33,35). The number of nitrogens with zero attached hydrogens (tertiary/aromatic N) is 2. The van der Waals surface area contributed by atoms with E-state index in [1.165, 1.54) is 6.07 Å². The van der Waals surface area contributed by atoms with Crippen LogP contribution in [0.2, 0.25) is 0 Å². The third kappa shape index (κ3) is 4.85. The highest BCUT2D eigenvalue weighted by atomic mass is 19.1. The average molecular weight is 464 g/mol. The Kier molecular flexibility index (Phi) is 6.40. The van der Waals surface area contributed by atoms with Crippen LogP contribution in [0.5, 0.6) is 0 Å². The van der Waals surface area contributed by atoms with Crippen LogP contribution in [0.15, 0.2) is 109 Å². The number of carbonyl (C=O) groups is 1. The summed E-state index contributed by atoms with van der Waals surface area (Å²) in [7, 11) is 0. The minimum Gasteiger partial charge on any atom is -0.345 e. The van der Waals surface area contributed by atoms with E-state index in [2.05, 4.69) is 10.3 Å². The molecule has 35 heavy (non-hydrogen) atoms. The highest BCUT2D eigenvalue weighted by Crippen LogP contribution is 2.31. The fraction of sp³-hybridized carbons (Fsp3) is 0.133. The van der Waals surface area contributed by atoms with Crippen LogP contribution >= 0.6 is 0 Å². The van der Waals surface area contributed by atoms with Crippen molar-refractivity contribution < 1.29 is 9.18 Å². The molecule has 4 nitrogen and oxygen atoms in total. The van der Waals surface area contributed by atoms with Gasteiger partial charge in [0.05, 0.1) is 11.7 Å². The highest BCUT2D eigenvalue weighted by Gasteiger charge is 2.26. The molecule has 0 saturated heterocycles. The van der Waals surface area contributed by atoms with E-state index in [-0.39, 0.29) is 24.2 Å². The van der Waals surface area contributed by atoms with Crippen LogP contribution in [0.25, 0.3) is 5.65 Å². The third-order valence-electron chi connectivity index (χ3n) is 6.30. The number of aryl methyl sites for hydroxylation is 1. The second-order valence-electron chi connectivity index (χ2n) is 8.72. The van der Waals surface area contributed by atoms with Gasteiger partial charge in [-0.15, -0.1) is 0 Å². The molecule has 2 heterocycles. The molecule has 0 aliphatic heterocycles. The molecule has 0 spiro atoms. The Balaban J connectivity index is 1.50. The molecular weight excluding hydrogens is 437 g/mol. The first-order chi connectivity index (χ1) is 17.1. The van der Waals surface area contributed by atoms with Crippen LogP contribution in [-0.4, -0.2) is 15.3 Å². The molecule has 0 aliphatic carbocycles. The van der Waals surface area contributed by atoms with Crippen molar-refractivity contribution in [2.45, 2.75) is 25.3 Å². The lowest BCUT2D eigenvalue weighted by atomic mass is 9.91. The van der Waals surface area contributed by atoms with E-state index in [9.17, 15) is 9.18 Å². The molecule has 3 aromatic carbocycles. The van der Waals surface area contributed by atoms with Gasteiger partial charge in [0, 0.05) is 24.7 Å². The van der Waals surface area contributed by atoms with Gasteiger partial charge in [0.25, 0.3) is 0 Å². The third-order valence-corrected chi connectivity index (χ3v) is 6.30. The van der Waals surface area contributed by atoms with Gasteiger partial charge in [-0.1, -0.05) is 78.9 Å². The fourth-order valence-electron chi connectivity index (χ4n) is 4.55. The number of amides is 1. The number of carbonyl (C=O) groups excluding carboxylic acids is 1. The second kappa shape index (κ2) is 9.94. The number of benzene rings is 3. The molecule has 1 N–H and O–H groups in total. The average Bonchev–Trinajstić information content (AvgIpc) is 3.30. The van der Waals surface area contributed by atoms with E-state index in [4.69, 9.17) is 0 Å². The fourth-order valence-corrected chi connectivity index (χ4v) is 4.55. The smallest absolute Gasteiger partial charge is 0.221 e. The molecule has 0 fully saturated rings. The lowest BCUT2D eigenvalue weighted by Crippen LogP contribution is -2.31. The minimum absolute atomic E-state index is 0.0821. The summed E-state index contributed by atoms with van der Waals surface area (Å²) in [5.41, 5.74) is 5.08. The normalized spacial score (nSPS) is 12.1. The van der Waals surface area contributed by atoms with Crippen molar-refractivity contribution in [1.29, 1.82) is 0 Å². The summed E-state index contributed by atoms with van der Waals surface area (Å²) in [5.74, 6) is -1.01.